The fraction of sp³-hybridized carbons (Fsp3) is 0.417. The molecule has 1 aliphatic rings. The molecule has 2 aromatic rings. The lowest BCUT2D eigenvalue weighted by molar-refractivity contribution is -0.138. The van der Waals surface area contributed by atoms with Gasteiger partial charge in [0.05, 0.1) is 19.8 Å². The van der Waals surface area contributed by atoms with Crippen molar-refractivity contribution < 1.29 is 23.9 Å². The van der Waals surface area contributed by atoms with Gasteiger partial charge in [-0.3, -0.25) is 14.4 Å². The molecule has 9 nitrogen and oxygen atoms in total. The lowest BCUT2D eigenvalue weighted by atomic mass is 10.2. The fourth-order valence-corrected chi connectivity index (χ4v) is 3.48. The van der Waals surface area contributed by atoms with E-state index >= 15 is 0 Å². The van der Waals surface area contributed by atoms with Gasteiger partial charge in [-0.25, -0.2) is 4.98 Å². The zero-order chi connectivity index (χ0) is 23.5. The number of rotatable bonds is 11. The Balaban J connectivity index is 1.50. The summed E-state index contributed by atoms with van der Waals surface area (Å²) < 4.78 is 10.8. The number of carbonyl (C=O) groups excluding carboxylic acids is 3. The van der Waals surface area contributed by atoms with E-state index < -0.39 is 0 Å². The minimum absolute atomic E-state index is 0.00283. The van der Waals surface area contributed by atoms with Crippen LogP contribution in [0.4, 0.5) is 5.82 Å². The van der Waals surface area contributed by atoms with Gasteiger partial charge in [0.25, 0.3) is 0 Å². The third kappa shape index (κ3) is 8.19. The van der Waals surface area contributed by atoms with E-state index in [-0.39, 0.29) is 43.2 Å². The first kappa shape index (κ1) is 24.2. The van der Waals surface area contributed by atoms with Crippen molar-refractivity contribution in [3.8, 4) is 5.75 Å². The lowest BCUT2D eigenvalue weighted by Crippen LogP contribution is -2.44. The predicted molar refractivity (Wildman–Crippen MR) is 122 cm³/mol. The number of amides is 3. The molecule has 0 aliphatic carbocycles. The van der Waals surface area contributed by atoms with Crippen molar-refractivity contribution in [2.24, 2.45) is 0 Å². The summed E-state index contributed by atoms with van der Waals surface area (Å²) >= 11 is 0. The average Bonchev–Trinajstić information content (AvgIpc) is 3.35. The van der Waals surface area contributed by atoms with Gasteiger partial charge in [0.1, 0.15) is 11.6 Å². The van der Waals surface area contributed by atoms with Crippen LogP contribution in [0.25, 0.3) is 0 Å². The molecule has 1 aromatic carbocycles. The van der Waals surface area contributed by atoms with Gasteiger partial charge >= 0.3 is 0 Å². The van der Waals surface area contributed by atoms with E-state index in [2.05, 4.69) is 15.6 Å². The molecule has 0 bridgehead atoms. The molecule has 2 heterocycles. The standard InChI is InChI=1S/C24H30N4O5/c1-32-19-9-7-18(8-10-19)15-26-23(30)17-28(16-20-5-4-14-33-20)24(31)12-11-22(29)27-21-6-2-3-13-25-21/h2-3,6-10,13,20H,4-5,11-12,14-17H2,1H3,(H,26,30)(H,25,27,29)/t20-/m1/s1. The van der Waals surface area contributed by atoms with Crippen LogP contribution < -0.4 is 15.4 Å². The van der Waals surface area contributed by atoms with Crippen molar-refractivity contribution in [1.29, 1.82) is 0 Å². The molecule has 2 N–H and O–H groups in total. The number of pyridine rings is 1. The van der Waals surface area contributed by atoms with Gasteiger partial charge < -0.3 is 25.0 Å². The highest BCUT2D eigenvalue weighted by Crippen LogP contribution is 2.15. The molecule has 1 saturated heterocycles. The second-order valence-electron chi connectivity index (χ2n) is 7.80. The Kier molecular flexibility index (Phi) is 9.19. The van der Waals surface area contributed by atoms with Crippen molar-refractivity contribution >= 4 is 23.5 Å². The van der Waals surface area contributed by atoms with Gasteiger partial charge in [0.2, 0.25) is 17.7 Å². The Morgan fingerprint density at radius 1 is 1.12 bits per heavy atom. The van der Waals surface area contributed by atoms with Crippen LogP contribution in [0.15, 0.2) is 48.7 Å². The molecule has 9 heteroatoms. The number of carbonyl (C=O) groups is 3. The number of benzene rings is 1. The smallest absolute Gasteiger partial charge is 0.239 e. The van der Waals surface area contributed by atoms with Crippen LogP contribution in [0.3, 0.4) is 0 Å². The molecule has 0 radical (unpaired) electrons. The topological polar surface area (TPSA) is 110 Å². The van der Waals surface area contributed by atoms with Crippen LogP contribution in [0.2, 0.25) is 0 Å². The van der Waals surface area contributed by atoms with Crippen molar-refractivity contribution in [3.05, 3.63) is 54.2 Å². The van der Waals surface area contributed by atoms with Crippen LogP contribution in [0.5, 0.6) is 5.75 Å². The van der Waals surface area contributed by atoms with E-state index in [0.29, 0.717) is 25.5 Å². The highest BCUT2D eigenvalue weighted by atomic mass is 16.5. The molecule has 1 aromatic heterocycles. The van der Waals surface area contributed by atoms with E-state index in [1.54, 1.807) is 31.5 Å². The Morgan fingerprint density at radius 2 is 1.94 bits per heavy atom. The van der Waals surface area contributed by atoms with E-state index in [9.17, 15) is 14.4 Å². The summed E-state index contributed by atoms with van der Waals surface area (Å²) in [4.78, 5) is 43.1. The average molecular weight is 455 g/mol. The number of ether oxygens (including phenoxy) is 2. The fourth-order valence-electron chi connectivity index (χ4n) is 3.48. The number of anilines is 1. The monoisotopic (exact) mass is 454 g/mol. The van der Waals surface area contributed by atoms with Gasteiger partial charge in [-0.05, 0) is 42.7 Å². The molecule has 3 amide bonds. The van der Waals surface area contributed by atoms with Crippen LogP contribution in [-0.2, 0) is 25.7 Å². The Labute approximate surface area is 193 Å². The molecule has 3 rings (SSSR count). The minimum atomic E-state index is -0.303. The second kappa shape index (κ2) is 12.5. The maximum atomic E-state index is 12.8. The van der Waals surface area contributed by atoms with E-state index in [1.165, 1.54) is 4.90 Å². The summed E-state index contributed by atoms with van der Waals surface area (Å²) in [6.45, 7) is 1.24. The summed E-state index contributed by atoms with van der Waals surface area (Å²) in [6, 6.07) is 12.6. The summed E-state index contributed by atoms with van der Waals surface area (Å²) in [5.41, 5.74) is 0.923. The first-order chi connectivity index (χ1) is 16.0. The van der Waals surface area contributed by atoms with Gasteiger partial charge in [0, 0.05) is 38.7 Å². The number of hydrogen-bond donors (Lipinski definition) is 2. The summed E-state index contributed by atoms with van der Waals surface area (Å²) in [7, 11) is 1.60. The number of nitrogens with one attached hydrogen (secondary N) is 2. The molecule has 0 spiro atoms. The van der Waals surface area contributed by atoms with Gasteiger partial charge in [-0.1, -0.05) is 18.2 Å². The number of methoxy groups -OCH3 is 1. The Morgan fingerprint density at radius 3 is 2.61 bits per heavy atom. The third-order valence-electron chi connectivity index (χ3n) is 5.28. The normalized spacial score (nSPS) is 15.0. The highest BCUT2D eigenvalue weighted by Gasteiger charge is 2.24. The van der Waals surface area contributed by atoms with Crippen molar-refractivity contribution in [2.45, 2.75) is 38.3 Å². The third-order valence-corrected chi connectivity index (χ3v) is 5.28. The summed E-state index contributed by atoms with van der Waals surface area (Å²) in [5.74, 6) is 0.342. The number of nitrogens with zero attached hydrogens (tertiary/aromatic N) is 2. The molecular formula is C24H30N4O5. The van der Waals surface area contributed by atoms with E-state index in [0.717, 1.165) is 24.2 Å². The Hall–Kier alpha value is -3.46. The van der Waals surface area contributed by atoms with Crippen LogP contribution in [0.1, 0.15) is 31.2 Å². The van der Waals surface area contributed by atoms with Crippen LogP contribution in [-0.4, -0.2) is 60.5 Å². The van der Waals surface area contributed by atoms with Gasteiger partial charge in [-0.15, -0.1) is 0 Å². The van der Waals surface area contributed by atoms with E-state index in [1.807, 2.05) is 24.3 Å². The summed E-state index contributed by atoms with van der Waals surface area (Å²) in [6.07, 6.45) is 3.27. The Bertz CT molecular complexity index is 914. The maximum Gasteiger partial charge on any atom is 0.239 e. The largest absolute Gasteiger partial charge is 0.497 e. The second-order valence-corrected chi connectivity index (χ2v) is 7.80. The SMILES string of the molecule is COc1ccc(CNC(=O)CN(C[C@H]2CCCO2)C(=O)CCC(=O)Nc2ccccn2)cc1. The van der Waals surface area contributed by atoms with Crippen molar-refractivity contribution in [1.82, 2.24) is 15.2 Å². The minimum Gasteiger partial charge on any atom is -0.497 e. The first-order valence-corrected chi connectivity index (χ1v) is 11.0. The molecular weight excluding hydrogens is 424 g/mol. The van der Waals surface area contributed by atoms with Crippen molar-refractivity contribution in [2.75, 3.05) is 32.1 Å². The molecule has 1 fully saturated rings. The highest BCUT2D eigenvalue weighted by molar-refractivity contribution is 5.93. The van der Waals surface area contributed by atoms with E-state index in [4.69, 9.17) is 9.47 Å². The van der Waals surface area contributed by atoms with Crippen LogP contribution in [0, 0.1) is 0 Å². The van der Waals surface area contributed by atoms with Crippen molar-refractivity contribution in [3.63, 3.8) is 0 Å². The number of hydrogen-bond acceptors (Lipinski definition) is 6. The number of aromatic nitrogens is 1. The molecule has 1 aliphatic heterocycles. The molecule has 33 heavy (non-hydrogen) atoms. The zero-order valence-electron chi connectivity index (χ0n) is 18.8. The molecule has 1 atom stereocenters. The lowest BCUT2D eigenvalue weighted by Gasteiger charge is -2.25. The maximum absolute atomic E-state index is 12.8. The van der Waals surface area contributed by atoms with Crippen LogP contribution >= 0.6 is 0 Å². The first-order valence-electron chi connectivity index (χ1n) is 11.0. The van der Waals surface area contributed by atoms with Gasteiger partial charge in [-0.2, -0.15) is 0 Å². The molecule has 0 unspecified atom stereocenters. The zero-order valence-corrected chi connectivity index (χ0v) is 18.8. The quantitative estimate of drug-likeness (QED) is 0.538. The molecule has 0 saturated carbocycles. The van der Waals surface area contributed by atoms with Gasteiger partial charge in [0.15, 0.2) is 0 Å². The summed E-state index contributed by atoms with van der Waals surface area (Å²) in [5, 5.41) is 5.51. The predicted octanol–water partition coefficient (Wildman–Crippen LogP) is 2.13. The molecule has 176 valence electrons.